The van der Waals surface area contributed by atoms with E-state index in [1.165, 1.54) is 0 Å². The molecule has 0 aliphatic rings. The van der Waals surface area contributed by atoms with Crippen LogP contribution in [0.3, 0.4) is 0 Å². The van der Waals surface area contributed by atoms with Crippen LogP contribution < -0.4 is 10.5 Å². The molecule has 0 aliphatic heterocycles. The van der Waals surface area contributed by atoms with Gasteiger partial charge < -0.3 is 15.3 Å². The van der Waals surface area contributed by atoms with E-state index in [-0.39, 0.29) is 5.84 Å². The lowest BCUT2D eigenvalue weighted by atomic mass is 10.2. The van der Waals surface area contributed by atoms with Gasteiger partial charge in [0.25, 0.3) is 0 Å². The molecule has 22 heavy (non-hydrogen) atoms. The maximum absolute atomic E-state index is 11.8. The molecule has 2 aromatic rings. The third-order valence-electron chi connectivity index (χ3n) is 2.74. The molecule has 0 spiro atoms. The van der Waals surface area contributed by atoms with Crippen LogP contribution in [0.1, 0.15) is 12.5 Å². The Hall–Kier alpha value is -2.34. The first-order valence-electron chi connectivity index (χ1n) is 6.58. The number of nitrogens with two attached hydrogens (primary N) is 1. The summed E-state index contributed by atoms with van der Waals surface area (Å²) in [6.07, 6.45) is -0.790. The third-order valence-corrected chi connectivity index (χ3v) is 3.24. The molecule has 0 saturated heterocycles. The minimum absolute atomic E-state index is 0.113. The Morgan fingerprint density at radius 1 is 1.18 bits per heavy atom. The summed E-state index contributed by atoms with van der Waals surface area (Å²) < 4.78 is 6.30. The van der Waals surface area contributed by atoms with E-state index in [9.17, 15) is 4.79 Å². The molecule has 0 unspecified atom stereocenters. The fourth-order valence-electron chi connectivity index (χ4n) is 1.62. The maximum atomic E-state index is 11.8. The fourth-order valence-corrected chi connectivity index (χ4v) is 2.02. The first-order chi connectivity index (χ1) is 10.6. The molecule has 1 atom stereocenters. The van der Waals surface area contributed by atoms with Gasteiger partial charge in [0, 0.05) is 10.0 Å². The number of para-hydroxylation sites is 1. The summed E-state index contributed by atoms with van der Waals surface area (Å²) in [5.41, 5.74) is 6.43. The molecule has 6 heteroatoms. The summed E-state index contributed by atoms with van der Waals surface area (Å²) in [6, 6.07) is 16.2. The van der Waals surface area contributed by atoms with Crippen LogP contribution in [0.4, 0.5) is 0 Å². The molecule has 0 fully saturated rings. The number of ether oxygens (including phenoxy) is 1. The fraction of sp³-hybridized carbons (Fsp3) is 0.125. The molecule has 0 aliphatic carbocycles. The second-order valence-electron chi connectivity index (χ2n) is 4.47. The van der Waals surface area contributed by atoms with Gasteiger partial charge in [0.05, 0.1) is 0 Å². The number of carbonyl (C=O) groups excluding carboxylic acids is 1. The first-order valence-corrected chi connectivity index (χ1v) is 7.37. The van der Waals surface area contributed by atoms with Gasteiger partial charge in [-0.1, -0.05) is 51.4 Å². The van der Waals surface area contributed by atoms with E-state index in [0.717, 1.165) is 4.47 Å². The second kappa shape index (κ2) is 7.61. The molecule has 0 aromatic heterocycles. The van der Waals surface area contributed by atoms with E-state index in [0.29, 0.717) is 11.3 Å². The molecule has 114 valence electrons. The number of hydrogen-bond acceptors (Lipinski definition) is 4. The zero-order valence-corrected chi connectivity index (χ0v) is 13.5. The zero-order valence-electron chi connectivity index (χ0n) is 11.9. The highest BCUT2D eigenvalue weighted by Gasteiger charge is 2.17. The summed E-state index contributed by atoms with van der Waals surface area (Å²) >= 11 is 3.33. The normalized spacial score (nSPS) is 12.5. The molecule has 2 N–H and O–H groups in total. The summed E-state index contributed by atoms with van der Waals surface area (Å²) in [6.45, 7) is 1.58. The molecule has 2 aromatic carbocycles. The van der Waals surface area contributed by atoms with Gasteiger partial charge in [-0.2, -0.15) is 0 Å². The molecular formula is C16H15BrN2O3. The second-order valence-corrected chi connectivity index (χ2v) is 5.39. The van der Waals surface area contributed by atoms with Crippen LogP contribution in [0.25, 0.3) is 0 Å². The average Bonchev–Trinajstić information content (AvgIpc) is 2.53. The molecule has 0 saturated carbocycles. The number of benzene rings is 2. The van der Waals surface area contributed by atoms with Gasteiger partial charge in [-0.25, -0.2) is 4.79 Å². The number of nitrogens with zero attached hydrogens (tertiary/aromatic N) is 1. The van der Waals surface area contributed by atoms with Crippen molar-refractivity contribution in [3.05, 3.63) is 64.6 Å². The standard InChI is InChI=1S/C16H15BrN2O3/c1-11(21-14-8-3-2-4-9-14)16(20)22-19-15(18)12-6-5-7-13(17)10-12/h2-11H,1H3,(H2,18,19)/t11-/m0/s1. The maximum Gasteiger partial charge on any atom is 0.374 e. The Balaban J connectivity index is 1.95. The molecular weight excluding hydrogens is 348 g/mol. The lowest BCUT2D eigenvalue weighted by Gasteiger charge is -2.11. The largest absolute Gasteiger partial charge is 0.479 e. The van der Waals surface area contributed by atoms with Crippen LogP contribution in [0.5, 0.6) is 5.75 Å². The van der Waals surface area contributed by atoms with Crippen molar-refractivity contribution in [2.24, 2.45) is 10.9 Å². The van der Waals surface area contributed by atoms with Crippen molar-refractivity contribution in [3.8, 4) is 5.75 Å². The lowest BCUT2D eigenvalue weighted by molar-refractivity contribution is -0.151. The Labute approximate surface area is 136 Å². The topological polar surface area (TPSA) is 73.9 Å². The van der Waals surface area contributed by atoms with E-state index in [4.69, 9.17) is 15.3 Å². The number of oxime groups is 1. The van der Waals surface area contributed by atoms with Gasteiger partial charge in [-0.3, -0.25) is 0 Å². The quantitative estimate of drug-likeness (QED) is 0.384. The van der Waals surface area contributed by atoms with E-state index >= 15 is 0 Å². The number of amidine groups is 1. The SMILES string of the molecule is C[C@H](Oc1ccccc1)C(=O)O/N=C(/N)c1cccc(Br)c1. The van der Waals surface area contributed by atoms with Crippen LogP contribution >= 0.6 is 15.9 Å². The first kappa shape index (κ1) is 16.0. The Bertz CT molecular complexity index is 674. The number of rotatable bonds is 5. The Kier molecular flexibility index (Phi) is 5.55. The van der Waals surface area contributed by atoms with Crippen LogP contribution in [0.15, 0.2) is 64.2 Å². The summed E-state index contributed by atoms with van der Waals surface area (Å²) in [5, 5.41) is 3.64. The lowest BCUT2D eigenvalue weighted by Crippen LogP contribution is -2.26. The van der Waals surface area contributed by atoms with Gasteiger partial charge in [-0.05, 0) is 31.2 Å². The van der Waals surface area contributed by atoms with E-state index < -0.39 is 12.1 Å². The molecule has 0 heterocycles. The predicted octanol–water partition coefficient (Wildman–Crippen LogP) is 3.08. The Morgan fingerprint density at radius 3 is 2.59 bits per heavy atom. The summed E-state index contributed by atoms with van der Waals surface area (Å²) in [7, 11) is 0. The minimum Gasteiger partial charge on any atom is -0.479 e. The highest BCUT2D eigenvalue weighted by atomic mass is 79.9. The molecule has 0 bridgehead atoms. The third kappa shape index (κ3) is 4.60. The van der Waals surface area contributed by atoms with Crippen LogP contribution in [0.2, 0.25) is 0 Å². The van der Waals surface area contributed by atoms with Gasteiger partial charge in [0.1, 0.15) is 5.75 Å². The molecule has 5 nitrogen and oxygen atoms in total. The molecule has 0 amide bonds. The van der Waals surface area contributed by atoms with Crippen molar-refractivity contribution in [2.45, 2.75) is 13.0 Å². The zero-order chi connectivity index (χ0) is 15.9. The highest BCUT2D eigenvalue weighted by molar-refractivity contribution is 9.10. The monoisotopic (exact) mass is 362 g/mol. The van der Waals surface area contributed by atoms with Crippen molar-refractivity contribution >= 4 is 27.7 Å². The Morgan fingerprint density at radius 2 is 1.91 bits per heavy atom. The van der Waals surface area contributed by atoms with Crippen LogP contribution in [-0.4, -0.2) is 17.9 Å². The highest BCUT2D eigenvalue weighted by Crippen LogP contribution is 2.13. The van der Waals surface area contributed by atoms with E-state index in [1.807, 2.05) is 30.3 Å². The van der Waals surface area contributed by atoms with Crippen LogP contribution in [-0.2, 0) is 9.63 Å². The van der Waals surface area contributed by atoms with Gasteiger partial charge in [-0.15, -0.1) is 0 Å². The minimum atomic E-state index is -0.790. The summed E-state index contributed by atoms with van der Waals surface area (Å²) in [5.74, 6) is 0.0688. The van der Waals surface area contributed by atoms with E-state index in [2.05, 4.69) is 21.1 Å². The average molecular weight is 363 g/mol. The summed E-state index contributed by atoms with van der Waals surface area (Å²) in [4.78, 5) is 16.6. The van der Waals surface area contributed by atoms with Crippen molar-refractivity contribution < 1.29 is 14.4 Å². The van der Waals surface area contributed by atoms with Crippen molar-refractivity contribution in [2.75, 3.05) is 0 Å². The number of hydrogen-bond donors (Lipinski definition) is 1. The van der Waals surface area contributed by atoms with Gasteiger partial charge >= 0.3 is 5.97 Å². The molecule has 0 radical (unpaired) electrons. The van der Waals surface area contributed by atoms with Gasteiger partial charge in [0.2, 0.25) is 0 Å². The van der Waals surface area contributed by atoms with Crippen molar-refractivity contribution in [3.63, 3.8) is 0 Å². The molecule has 2 rings (SSSR count). The van der Waals surface area contributed by atoms with Crippen LogP contribution in [0, 0.1) is 0 Å². The van der Waals surface area contributed by atoms with Crippen molar-refractivity contribution in [1.29, 1.82) is 0 Å². The van der Waals surface area contributed by atoms with Gasteiger partial charge in [0.15, 0.2) is 11.9 Å². The smallest absolute Gasteiger partial charge is 0.374 e. The van der Waals surface area contributed by atoms with E-state index in [1.54, 1.807) is 31.2 Å². The number of halogens is 1. The predicted molar refractivity (Wildman–Crippen MR) is 87.5 cm³/mol. The number of carbonyl (C=O) groups is 1. The van der Waals surface area contributed by atoms with Crippen molar-refractivity contribution in [1.82, 2.24) is 0 Å².